The highest BCUT2D eigenvalue weighted by Gasteiger charge is 2.67. The van der Waals surface area contributed by atoms with Gasteiger partial charge in [-0.25, -0.2) is 0 Å². The van der Waals surface area contributed by atoms with Crippen molar-refractivity contribution in [2.45, 2.75) is 123 Å². The van der Waals surface area contributed by atoms with Crippen molar-refractivity contribution in [2.24, 2.45) is 0 Å². The molecular formula is C30H44O18. The molecule has 0 aliphatic carbocycles. The molecular weight excluding hydrogens is 648 g/mol. The zero-order valence-corrected chi connectivity index (χ0v) is 28.4. The van der Waals surface area contributed by atoms with Crippen LogP contribution < -0.4 is 0 Å². The van der Waals surface area contributed by atoms with Crippen LogP contribution in [-0.4, -0.2) is 129 Å². The van der Waals surface area contributed by atoms with E-state index in [2.05, 4.69) is 0 Å². The van der Waals surface area contributed by atoms with E-state index in [9.17, 15) is 33.6 Å². The SMILES string of the molecule is CCOC[C@H]1O[C@H](OCC)[C@H](OC(C)=O)[C@@H](OC(C)=O)[C@]1(O[C@@H]1O[C@H](COC(C)=O)[C@H](OC(C)=O)[C@H](OC(C)=O)[C@H]1OC(C)=O)C(C)=O. The molecule has 0 aromatic heterocycles. The monoisotopic (exact) mass is 692 g/mol. The van der Waals surface area contributed by atoms with E-state index in [0.29, 0.717) is 0 Å². The lowest BCUT2D eigenvalue weighted by molar-refractivity contribution is -0.381. The van der Waals surface area contributed by atoms with Gasteiger partial charge in [-0.2, -0.15) is 0 Å². The Kier molecular flexibility index (Phi) is 15.3. The van der Waals surface area contributed by atoms with Crippen molar-refractivity contribution < 1.29 is 85.7 Å². The summed E-state index contributed by atoms with van der Waals surface area (Å²) >= 11 is 0. The predicted octanol–water partition coefficient (Wildman–Crippen LogP) is 0.0752. The highest BCUT2D eigenvalue weighted by molar-refractivity contribution is 5.87. The Balaban J connectivity index is 2.90. The lowest BCUT2D eigenvalue weighted by Crippen LogP contribution is -2.75. The van der Waals surface area contributed by atoms with E-state index < -0.39 is 109 Å². The minimum absolute atomic E-state index is 0.0319. The maximum atomic E-state index is 13.9. The third-order valence-electron chi connectivity index (χ3n) is 6.97. The molecule has 2 fully saturated rings. The molecule has 0 unspecified atom stereocenters. The number of rotatable bonds is 15. The second-order valence-electron chi connectivity index (χ2n) is 10.7. The van der Waals surface area contributed by atoms with Crippen LogP contribution in [0.25, 0.3) is 0 Å². The van der Waals surface area contributed by atoms with E-state index in [1.807, 2.05) is 0 Å². The molecule has 0 bridgehead atoms. The number of ether oxygens (including phenoxy) is 11. The first-order valence-electron chi connectivity index (χ1n) is 15.2. The first kappa shape index (κ1) is 40.5. The number of carbonyl (C=O) groups is 7. The molecule has 2 aliphatic rings. The van der Waals surface area contributed by atoms with Crippen LogP contribution in [0.4, 0.5) is 0 Å². The summed E-state index contributed by atoms with van der Waals surface area (Å²) in [6.07, 6.45) is -14.7. The van der Waals surface area contributed by atoms with Gasteiger partial charge in [-0.15, -0.1) is 0 Å². The van der Waals surface area contributed by atoms with Crippen LogP contribution in [-0.2, 0) is 85.7 Å². The van der Waals surface area contributed by atoms with Crippen LogP contribution in [0.1, 0.15) is 62.3 Å². The number of carbonyl (C=O) groups excluding carboxylic acids is 7. The molecule has 18 heteroatoms. The fourth-order valence-corrected chi connectivity index (χ4v) is 5.37. The molecule has 0 aromatic rings. The molecule has 10 atom stereocenters. The third-order valence-corrected chi connectivity index (χ3v) is 6.97. The van der Waals surface area contributed by atoms with E-state index in [1.54, 1.807) is 13.8 Å². The van der Waals surface area contributed by atoms with Crippen molar-refractivity contribution in [3.63, 3.8) is 0 Å². The molecule has 272 valence electrons. The lowest BCUT2D eigenvalue weighted by atomic mass is 9.80. The molecule has 0 radical (unpaired) electrons. The highest BCUT2D eigenvalue weighted by atomic mass is 16.8. The standard InChI is InChI=1S/C30H44O18/c1-10-38-13-22-30(14(3)31,27(45-20(9)37)26(44-19(8)36)28(47-22)39-11-2)48-29-25(43-18(7)35)24(42-17(6)34)23(41-16(5)33)21(46-29)12-40-15(4)32/h21-29H,10-13H2,1-9H3/t21-,22-,23+,24+,25-,26-,27-,28+,29+,30+/m1/s1. The average Bonchev–Trinajstić information content (AvgIpc) is 2.95. The minimum Gasteiger partial charge on any atom is -0.463 e. The molecule has 0 N–H and O–H groups in total. The zero-order valence-electron chi connectivity index (χ0n) is 28.4. The summed E-state index contributed by atoms with van der Waals surface area (Å²) in [6, 6.07) is 0. The summed E-state index contributed by atoms with van der Waals surface area (Å²) in [5.74, 6) is -6.14. The van der Waals surface area contributed by atoms with Crippen LogP contribution in [0, 0.1) is 0 Å². The molecule has 2 rings (SSSR count). The molecule has 0 spiro atoms. The predicted molar refractivity (Wildman–Crippen MR) is 154 cm³/mol. The molecule has 2 saturated heterocycles. The van der Waals surface area contributed by atoms with E-state index in [1.165, 1.54) is 0 Å². The Hall–Kier alpha value is -3.71. The van der Waals surface area contributed by atoms with Crippen LogP contribution in [0.5, 0.6) is 0 Å². The number of hydrogen-bond acceptors (Lipinski definition) is 18. The van der Waals surface area contributed by atoms with Crippen LogP contribution >= 0.6 is 0 Å². The molecule has 2 aliphatic heterocycles. The Morgan fingerprint density at radius 1 is 0.562 bits per heavy atom. The average molecular weight is 693 g/mol. The van der Waals surface area contributed by atoms with Gasteiger partial charge in [0, 0.05) is 54.8 Å². The Morgan fingerprint density at radius 3 is 1.56 bits per heavy atom. The molecule has 2 heterocycles. The van der Waals surface area contributed by atoms with Gasteiger partial charge in [0.05, 0.1) is 6.61 Å². The second kappa shape index (κ2) is 18.2. The van der Waals surface area contributed by atoms with E-state index >= 15 is 0 Å². The fourth-order valence-electron chi connectivity index (χ4n) is 5.37. The minimum atomic E-state index is -2.47. The smallest absolute Gasteiger partial charge is 0.303 e. The Labute approximate surface area is 277 Å². The third kappa shape index (κ3) is 10.4. The largest absolute Gasteiger partial charge is 0.463 e. The van der Waals surface area contributed by atoms with E-state index in [0.717, 1.165) is 48.5 Å². The zero-order chi connectivity index (χ0) is 36.3. The molecule has 0 saturated carbocycles. The summed E-state index contributed by atoms with van der Waals surface area (Å²) in [5, 5.41) is 0. The van der Waals surface area contributed by atoms with Gasteiger partial charge >= 0.3 is 35.8 Å². The maximum Gasteiger partial charge on any atom is 0.303 e. The summed E-state index contributed by atoms with van der Waals surface area (Å²) in [5.41, 5.74) is -2.47. The number of Topliss-reactive ketones (excluding diaryl/α,β-unsaturated/α-hetero) is 1. The van der Waals surface area contributed by atoms with Gasteiger partial charge in [0.15, 0.2) is 48.2 Å². The summed E-state index contributed by atoms with van der Waals surface area (Å²) in [6.45, 7) is 9.81. The Morgan fingerprint density at radius 2 is 1.08 bits per heavy atom. The van der Waals surface area contributed by atoms with Crippen molar-refractivity contribution in [3.05, 3.63) is 0 Å². The normalized spacial score (nSPS) is 31.5. The first-order chi connectivity index (χ1) is 22.5. The quantitative estimate of drug-likeness (QED) is 0.164. The van der Waals surface area contributed by atoms with Crippen molar-refractivity contribution in [1.29, 1.82) is 0 Å². The lowest BCUT2D eigenvalue weighted by Gasteiger charge is -2.53. The van der Waals surface area contributed by atoms with Gasteiger partial charge in [-0.1, -0.05) is 0 Å². The van der Waals surface area contributed by atoms with Gasteiger partial charge in [0.2, 0.25) is 6.29 Å². The van der Waals surface area contributed by atoms with Crippen molar-refractivity contribution in [1.82, 2.24) is 0 Å². The summed E-state index contributed by atoms with van der Waals surface area (Å²) < 4.78 is 62.4. The summed E-state index contributed by atoms with van der Waals surface area (Å²) in [7, 11) is 0. The fraction of sp³-hybridized carbons (Fsp3) is 0.767. The second-order valence-corrected chi connectivity index (χ2v) is 10.7. The number of esters is 6. The Bertz CT molecular complexity index is 1190. The maximum absolute atomic E-state index is 13.9. The molecule has 0 aromatic carbocycles. The van der Waals surface area contributed by atoms with Gasteiger partial charge in [-0.3, -0.25) is 33.6 Å². The van der Waals surface area contributed by atoms with Crippen LogP contribution in [0.3, 0.4) is 0 Å². The number of ketones is 1. The molecule has 0 amide bonds. The highest BCUT2D eigenvalue weighted by Crippen LogP contribution is 2.42. The van der Waals surface area contributed by atoms with Crippen molar-refractivity contribution in [3.8, 4) is 0 Å². The topological polar surface area (TPSA) is 221 Å². The van der Waals surface area contributed by atoms with Crippen LogP contribution in [0.15, 0.2) is 0 Å². The van der Waals surface area contributed by atoms with Crippen molar-refractivity contribution >= 4 is 41.6 Å². The molecule has 18 nitrogen and oxygen atoms in total. The van der Waals surface area contributed by atoms with Crippen molar-refractivity contribution in [2.75, 3.05) is 26.4 Å². The molecule has 48 heavy (non-hydrogen) atoms. The van der Waals surface area contributed by atoms with Gasteiger partial charge in [0.1, 0.15) is 18.8 Å². The van der Waals surface area contributed by atoms with Gasteiger partial charge in [-0.05, 0) is 20.8 Å². The first-order valence-corrected chi connectivity index (χ1v) is 15.2. The van der Waals surface area contributed by atoms with Crippen LogP contribution in [0.2, 0.25) is 0 Å². The summed E-state index contributed by atoms with van der Waals surface area (Å²) in [4.78, 5) is 87.4. The number of hydrogen-bond donors (Lipinski definition) is 0. The van der Waals surface area contributed by atoms with E-state index in [-0.39, 0.29) is 19.8 Å². The van der Waals surface area contributed by atoms with E-state index in [4.69, 9.17) is 52.1 Å². The van der Waals surface area contributed by atoms with Gasteiger partial charge in [0.25, 0.3) is 0 Å². The van der Waals surface area contributed by atoms with Gasteiger partial charge < -0.3 is 52.1 Å².